The lowest BCUT2D eigenvalue weighted by molar-refractivity contribution is -0.138. The first-order valence-electron chi connectivity index (χ1n) is 9.76. The number of hydrogen-bond acceptors (Lipinski definition) is 9. The van der Waals surface area contributed by atoms with Crippen LogP contribution in [-0.2, 0) is 14.8 Å². The van der Waals surface area contributed by atoms with Crippen LogP contribution in [0.3, 0.4) is 0 Å². The summed E-state index contributed by atoms with van der Waals surface area (Å²) in [5.41, 5.74) is 0. The number of nitrogens with zero attached hydrogens (tertiary/aromatic N) is 2. The van der Waals surface area contributed by atoms with E-state index in [1.807, 2.05) is 4.72 Å². The molecule has 0 saturated carbocycles. The fourth-order valence-corrected chi connectivity index (χ4v) is 3.78. The third kappa shape index (κ3) is 7.05. The quantitative estimate of drug-likeness (QED) is 0.216. The highest BCUT2D eigenvalue weighted by Gasteiger charge is 2.26. The van der Waals surface area contributed by atoms with Gasteiger partial charge in [-0.05, 0) is 23.7 Å². The Morgan fingerprint density at radius 1 is 1.24 bits per heavy atom. The molecule has 0 aliphatic heterocycles. The standard InChI is InChI=1S/C19H22N6O7S/c26-17(15-11-16(24-32-15)31-10-4-7-20-19-21-8-9-22-19)23-12-14(18(27)28)25-33(29,30)13-5-2-1-3-6-13/h1-3,5-6,8-9,11,14,25H,4,7,10,12H2,(H,23,26)(H,27,28)(H2,20,21,22). The molecule has 1 atom stereocenters. The molecule has 2 aromatic heterocycles. The van der Waals surface area contributed by atoms with Crippen LogP contribution in [-0.4, -0.2) is 66.3 Å². The van der Waals surface area contributed by atoms with Gasteiger partial charge in [-0.3, -0.25) is 9.59 Å². The average molecular weight is 478 g/mol. The molecule has 176 valence electrons. The summed E-state index contributed by atoms with van der Waals surface area (Å²) in [6.45, 7) is 0.368. The summed E-state index contributed by atoms with van der Waals surface area (Å²) in [5, 5.41) is 18.3. The minimum absolute atomic E-state index is 0.0812. The van der Waals surface area contributed by atoms with E-state index >= 15 is 0 Å². The number of carbonyl (C=O) groups is 2. The van der Waals surface area contributed by atoms with Crippen LogP contribution in [0.25, 0.3) is 0 Å². The van der Waals surface area contributed by atoms with E-state index in [1.165, 1.54) is 30.3 Å². The van der Waals surface area contributed by atoms with Gasteiger partial charge in [-0.2, -0.15) is 4.72 Å². The monoisotopic (exact) mass is 478 g/mol. The number of carboxylic acids is 1. The fourth-order valence-electron chi connectivity index (χ4n) is 2.57. The Morgan fingerprint density at radius 3 is 2.73 bits per heavy atom. The van der Waals surface area contributed by atoms with E-state index < -0.39 is 34.5 Å². The third-order valence-electron chi connectivity index (χ3n) is 4.19. The molecule has 0 spiro atoms. The summed E-state index contributed by atoms with van der Waals surface area (Å²) in [7, 11) is -4.09. The second kappa shape index (κ2) is 11.1. The average Bonchev–Trinajstić information content (AvgIpc) is 3.49. The number of imidazole rings is 1. The molecule has 13 nitrogen and oxygen atoms in total. The lowest BCUT2D eigenvalue weighted by atomic mass is 10.3. The number of rotatable bonds is 13. The molecule has 5 N–H and O–H groups in total. The second-order valence-corrected chi connectivity index (χ2v) is 8.35. The number of sulfonamides is 1. The highest BCUT2D eigenvalue weighted by Crippen LogP contribution is 2.12. The van der Waals surface area contributed by atoms with Gasteiger partial charge in [0.15, 0.2) is 5.95 Å². The van der Waals surface area contributed by atoms with Crippen molar-refractivity contribution in [3.63, 3.8) is 0 Å². The van der Waals surface area contributed by atoms with Crippen molar-refractivity contribution in [1.29, 1.82) is 0 Å². The van der Waals surface area contributed by atoms with E-state index in [1.54, 1.807) is 18.5 Å². The number of hydrogen-bond donors (Lipinski definition) is 5. The molecule has 0 radical (unpaired) electrons. The Kier molecular flexibility index (Phi) is 7.99. The van der Waals surface area contributed by atoms with Gasteiger partial charge in [0.25, 0.3) is 11.8 Å². The minimum Gasteiger partial charge on any atom is -0.480 e. The SMILES string of the molecule is O=C(NCC(NS(=O)(=O)c1ccccc1)C(=O)O)c1cc(OCCCNc2ncc[nH]2)no1. The first-order chi connectivity index (χ1) is 15.8. The van der Waals surface area contributed by atoms with Crippen LogP contribution >= 0.6 is 0 Å². The molecule has 0 saturated heterocycles. The first-order valence-corrected chi connectivity index (χ1v) is 11.2. The molecule has 14 heteroatoms. The predicted octanol–water partition coefficient (Wildman–Crippen LogP) is 0.440. The first kappa shape index (κ1) is 23.7. The van der Waals surface area contributed by atoms with E-state index in [4.69, 9.17) is 9.26 Å². The molecular formula is C19H22N6O7S. The number of aromatic amines is 1. The predicted molar refractivity (Wildman–Crippen MR) is 114 cm³/mol. The van der Waals surface area contributed by atoms with Crippen LogP contribution in [0.15, 0.2) is 58.2 Å². The number of amides is 1. The Balaban J connectivity index is 1.45. The summed E-state index contributed by atoms with van der Waals surface area (Å²) < 4.78 is 37.0. The Labute approximate surface area is 188 Å². The molecule has 3 rings (SSSR count). The van der Waals surface area contributed by atoms with Crippen molar-refractivity contribution in [3.8, 4) is 5.88 Å². The number of aromatic nitrogens is 3. The molecule has 0 bridgehead atoms. The van der Waals surface area contributed by atoms with E-state index in [-0.39, 0.29) is 16.5 Å². The van der Waals surface area contributed by atoms with Crippen molar-refractivity contribution < 1.29 is 32.4 Å². The van der Waals surface area contributed by atoms with Gasteiger partial charge >= 0.3 is 5.97 Å². The Hall–Kier alpha value is -3.91. The number of aliphatic carboxylic acids is 1. The highest BCUT2D eigenvalue weighted by molar-refractivity contribution is 7.89. The van der Waals surface area contributed by atoms with Crippen LogP contribution in [0, 0.1) is 0 Å². The summed E-state index contributed by atoms with van der Waals surface area (Å²) >= 11 is 0. The van der Waals surface area contributed by atoms with E-state index in [0.717, 1.165) is 0 Å². The van der Waals surface area contributed by atoms with Crippen molar-refractivity contribution in [2.24, 2.45) is 0 Å². The molecule has 0 aliphatic rings. The topological polar surface area (TPSA) is 189 Å². The molecule has 1 amide bonds. The minimum atomic E-state index is -4.09. The van der Waals surface area contributed by atoms with Crippen LogP contribution in [0.5, 0.6) is 5.88 Å². The molecule has 33 heavy (non-hydrogen) atoms. The van der Waals surface area contributed by atoms with Gasteiger partial charge in [0.1, 0.15) is 6.04 Å². The highest BCUT2D eigenvalue weighted by atomic mass is 32.2. The molecule has 0 fully saturated rings. The van der Waals surface area contributed by atoms with Crippen molar-refractivity contribution in [2.75, 3.05) is 25.0 Å². The number of nitrogens with one attached hydrogen (secondary N) is 4. The zero-order chi connectivity index (χ0) is 23.7. The molecule has 2 heterocycles. The summed E-state index contributed by atoms with van der Waals surface area (Å²) in [4.78, 5) is 30.5. The molecule has 1 unspecified atom stereocenters. The van der Waals surface area contributed by atoms with E-state index in [0.29, 0.717) is 25.5 Å². The zero-order valence-electron chi connectivity index (χ0n) is 17.2. The largest absolute Gasteiger partial charge is 0.480 e. The maximum absolute atomic E-state index is 12.3. The van der Waals surface area contributed by atoms with Crippen molar-refractivity contribution >= 4 is 27.8 Å². The van der Waals surface area contributed by atoms with E-state index in [2.05, 4.69) is 25.8 Å². The summed E-state index contributed by atoms with van der Waals surface area (Å²) in [5.74, 6) is -1.73. The fraction of sp³-hybridized carbons (Fsp3) is 0.263. The Morgan fingerprint density at radius 2 is 2.03 bits per heavy atom. The third-order valence-corrected chi connectivity index (χ3v) is 5.68. The summed E-state index contributed by atoms with van der Waals surface area (Å²) in [6.07, 6.45) is 3.94. The number of benzene rings is 1. The van der Waals surface area contributed by atoms with Crippen LogP contribution in [0.1, 0.15) is 17.0 Å². The molecule has 1 aromatic carbocycles. The molecule has 3 aromatic rings. The maximum atomic E-state index is 12.3. The number of carbonyl (C=O) groups excluding carboxylic acids is 1. The smallest absolute Gasteiger partial charge is 0.323 e. The Bertz CT molecular complexity index is 1150. The number of anilines is 1. The van der Waals surface area contributed by atoms with Gasteiger partial charge in [0.2, 0.25) is 15.8 Å². The van der Waals surface area contributed by atoms with Gasteiger partial charge in [-0.25, -0.2) is 13.4 Å². The van der Waals surface area contributed by atoms with Crippen molar-refractivity contribution in [1.82, 2.24) is 25.2 Å². The van der Waals surface area contributed by atoms with Crippen molar-refractivity contribution in [2.45, 2.75) is 17.4 Å². The van der Waals surface area contributed by atoms with Crippen LogP contribution < -0.4 is 20.1 Å². The van der Waals surface area contributed by atoms with Crippen molar-refractivity contribution in [3.05, 3.63) is 54.6 Å². The van der Waals surface area contributed by atoms with Gasteiger partial charge in [0.05, 0.1) is 17.6 Å². The normalized spacial score (nSPS) is 12.1. The zero-order valence-corrected chi connectivity index (χ0v) is 18.0. The second-order valence-electron chi connectivity index (χ2n) is 6.63. The van der Waals surface area contributed by atoms with Gasteiger partial charge in [-0.15, -0.1) is 0 Å². The number of H-pyrrole nitrogens is 1. The van der Waals surface area contributed by atoms with Crippen LogP contribution in [0.4, 0.5) is 5.95 Å². The number of carboxylic acid groups (broad SMARTS) is 1. The van der Waals surface area contributed by atoms with Gasteiger partial charge in [0, 0.05) is 25.5 Å². The van der Waals surface area contributed by atoms with Crippen LogP contribution in [0.2, 0.25) is 0 Å². The van der Waals surface area contributed by atoms with Gasteiger partial charge in [-0.1, -0.05) is 18.2 Å². The number of ether oxygens (including phenoxy) is 1. The van der Waals surface area contributed by atoms with Gasteiger partial charge < -0.3 is 30.0 Å². The lowest BCUT2D eigenvalue weighted by Crippen LogP contribution is -2.48. The summed E-state index contributed by atoms with van der Waals surface area (Å²) in [6, 6.07) is 6.93. The lowest BCUT2D eigenvalue weighted by Gasteiger charge is -2.15. The van der Waals surface area contributed by atoms with E-state index in [9.17, 15) is 23.1 Å². The molecular weight excluding hydrogens is 456 g/mol. The maximum Gasteiger partial charge on any atom is 0.323 e. The molecule has 0 aliphatic carbocycles.